The molecular weight excluding hydrogens is 382 g/mol. The highest BCUT2D eigenvalue weighted by Crippen LogP contribution is 2.27. The van der Waals surface area contributed by atoms with E-state index >= 15 is 0 Å². The van der Waals surface area contributed by atoms with Gasteiger partial charge in [-0.05, 0) is 25.0 Å². The first-order valence-electron chi connectivity index (χ1n) is 10.1. The molecule has 3 rings (SSSR count). The molecule has 6 heteroatoms. The number of ether oxygens (including phenoxy) is 2. The highest BCUT2D eigenvalue weighted by atomic mass is 16.6. The second-order valence-electron chi connectivity index (χ2n) is 7.15. The van der Waals surface area contributed by atoms with Crippen LogP contribution in [0.15, 0.2) is 59.0 Å². The van der Waals surface area contributed by atoms with Crippen molar-refractivity contribution in [1.82, 2.24) is 5.32 Å². The smallest absolute Gasteiger partial charge is 0.375 e. The fourth-order valence-corrected chi connectivity index (χ4v) is 3.41. The number of amides is 1. The zero-order valence-electron chi connectivity index (χ0n) is 17.5. The molecule has 0 bridgehead atoms. The molecule has 1 amide bonds. The normalized spacial score (nSPS) is 13.0. The van der Waals surface area contributed by atoms with Crippen molar-refractivity contribution in [3.63, 3.8) is 0 Å². The first kappa shape index (κ1) is 21.6. The van der Waals surface area contributed by atoms with Crippen LogP contribution < -0.4 is 5.32 Å². The van der Waals surface area contributed by atoms with Crippen LogP contribution in [0.2, 0.25) is 0 Å². The summed E-state index contributed by atoms with van der Waals surface area (Å²) >= 11 is 0. The summed E-state index contributed by atoms with van der Waals surface area (Å²) in [7, 11) is 1.55. The van der Waals surface area contributed by atoms with E-state index in [1.807, 2.05) is 48.5 Å². The minimum absolute atomic E-state index is 0.0634. The van der Waals surface area contributed by atoms with E-state index in [0.29, 0.717) is 17.7 Å². The Morgan fingerprint density at radius 3 is 2.47 bits per heavy atom. The molecule has 0 saturated heterocycles. The van der Waals surface area contributed by atoms with Crippen molar-refractivity contribution in [2.45, 2.75) is 38.9 Å². The first-order chi connectivity index (χ1) is 14.5. The quantitative estimate of drug-likeness (QED) is 0.529. The summed E-state index contributed by atoms with van der Waals surface area (Å²) in [6.07, 6.45) is -0.0629. The largest absolute Gasteiger partial charge is 0.449 e. The van der Waals surface area contributed by atoms with Crippen LogP contribution in [0.4, 0.5) is 0 Å². The molecule has 1 aromatic heterocycles. The predicted octanol–water partition coefficient (Wildman–Crippen LogP) is 4.43. The molecule has 1 heterocycles. The van der Waals surface area contributed by atoms with E-state index in [4.69, 9.17) is 13.9 Å². The van der Waals surface area contributed by atoms with Crippen molar-refractivity contribution in [1.29, 1.82) is 0 Å². The molecule has 0 saturated carbocycles. The summed E-state index contributed by atoms with van der Waals surface area (Å²) in [5.41, 5.74) is 2.35. The van der Waals surface area contributed by atoms with Gasteiger partial charge in [0, 0.05) is 30.5 Å². The van der Waals surface area contributed by atoms with Gasteiger partial charge in [0.15, 0.2) is 6.10 Å². The summed E-state index contributed by atoms with van der Waals surface area (Å²) < 4.78 is 16.3. The molecule has 3 aromatic rings. The van der Waals surface area contributed by atoms with Crippen molar-refractivity contribution in [2.24, 2.45) is 0 Å². The van der Waals surface area contributed by atoms with Gasteiger partial charge in [-0.2, -0.15) is 0 Å². The van der Waals surface area contributed by atoms with E-state index in [9.17, 15) is 9.59 Å². The van der Waals surface area contributed by atoms with Gasteiger partial charge in [0.25, 0.3) is 5.91 Å². The molecule has 0 aliphatic carbocycles. The molecule has 0 spiro atoms. The van der Waals surface area contributed by atoms with E-state index < -0.39 is 12.1 Å². The van der Waals surface area contributed by atoms with Crippen molar-refractivity contribution in [3.05, 3.63) is 71.5 Å². The molecule has 6 nitrogen and oxygen atoms in total. The number of methoxy groups -OCH3 is 1. The number of carbonyl (C=O) groups excluding carboxylic acids is 2. The molecular formula is C24H27NO5. The molecule has 0 unspecified atom stereocenters. The summed E-state index contributed by atoms with van der Waals surface area (Å²) in [6.45, 7) is 4.31. The fourth-order valence-electron chi connectivity index (χ4n) is 3.41. The van der Waals surface area contributed by atoms with Crippen LogP contribution in [0, 0.1) is 0 Å². The molecule has 0 aliphatic heterocycles. The number of fused-ring (bicyclic) bond motifs is 1. The summed E-state index contributed by atoms with van der Waals surface area (Å²) in [4.78, 5) is 25.2. The Morgan fingerprint density at radius 2 is 1.77 bits per heavy atom. The highest BCUT2D eigenvalue weighted by Gasteiger charge is 2.26. The lowest BCUT2D eigenvalue weighted by Crippen LogP contribution is -2.38. The molecule has 0 radical (unpaired) electrons. The Bertz CT molecular complexity index is 995. The Labute approximate surface area is 176 Å². The van der Waals surface area contributed by atoms with Gasteiger partial charge in [0.05, 0.1) is 6.61 Å². The van der Waals surface area contributed by atoms with Gasteiger partial charge in [0.1, 0.15) is 5.58 Å². The summed E-state index contributed by atoms with van der Waals surface area (Å²) in [5.74, 6) is -0.770. The van der Waals surface area contributed by atoms with E-state index in [1.54, 1.807) is 20.1 Å². The second-order valence-corrected chi connectivity index (χ2v) is 7.15. The van der Waals surface area contributed by atoms with Crippen LogP contribution in [0.5, 0.6) is 0 Å². The van der Waals surface area contributed by atoms with Crippen LogP contribution in [-0.2, 0) is 20.9 Å². The number of esters is 1. The average Bonchev–Trinajstić information content (AvgIpc) is 3.14. The molecule has 2 atom stereocenters. The van der Waals surface area contributed by atoms with Crippen molar-refractivity contribution >= 4 is 22.8 Å². The minimum Gasteiger partial charge on any atom is -0.449 e. The monoisotopic (exact) mass is 409 g/mol. The van der Waals surface area contributed by atoms with Gasteiger partial charge >= 0.3 is 5.97 Å². The van der Waals surface area contributed by atoms with Crippen molar-refractivity contribution in [2.75, 3.05) is 13.7 Å². The molecule has 158 valence electrons. The molecule has 1 N–H and O–H groups in total. The number of carbonyl (C=O) groups is 2. The maximum absolute atomic E-state index is 12.7. The van der Waals surface area contributed by atoms with Gasteiger partial charge in [-0.25, -0.2) is 4.79 Å². The maximum atomic E-state index is 12.7. The molecule has 0 fully saturated rings. The Morgan fingerprint density at radius 1 is 1.07 bits per heavy atom. The zero-order chi connectivity index (χ0) is 21.5. The Balaban J connectivity index is 1.64. The lowest BCUT2D eigenvalue weighted by atomic mass is 9.96. The van der Waals surface area contributed by atoms with Crippen LogP contribution in [0.1, 0.15) is 47.9 Å². The van der Waals surface area contributed by atoms with E-state index in [-0.39, 0.29) is 24.2 Å². The highest BCUT2D eigenvalue weighted by molar-refractivity contribution is 5.97. The predicted molar refractivity (Wildman–Crippen MR) is 114 cm³/mol. The van der Waals surface area contributed by atoms with Crippen LogP contribution in [0.3, 0.4) is 0 Å². The molecule has 0 aliphatic rings. The third kappa shape index (κ3) is 4.89. The number of benzene rings is 2. The van der Waals surface area contributed by atoms with Gasteiger partial charge in [-0.3, -0.25) is 4.79 Å². The third-order valence-corrected chi connectivity index (χ3v) is 5.11. The van der Waals surface area contributed by atoms with Crippen molar-refractivity contribution < 1.29 is 23.5 Å². The van der Waals surface area contributed by atoms with Crippen LogP contribution in [0.25, 0.3) is 11.0 Å². The number of hydrogen-bond donors (Lipinski definition) is 1. The fraction of sp³-hybridized carbons (Fsp3) is 0.333. The average molecular weight is 409 g/mol. The summed E-state index contributed by atoms with van der Waals surface area (Å²) in [6, 6.07) is 17.3. The topological polar surface area (TPSA) is 77.8 Å². The van der Waals surface area contributed by atoms with Gasteiger partial charge in [0.2, 0.25) is 5.76 Å². The lowest BCUT2D eigenvalue weighted by molar-refractivity contribution is -0.129. The zero-order valence-corrected chi connectivity index (χ0v) is 17.5. The van der Waals surface area contributed by atoms with Gasteiger partial charge in [-0.15, -0.1) is 0 Å². The molecule has 30 heavy (non-hydrogen) atoms. The third-order valence-electron chi connectivity index (χ3n) is 5.11. The van der Waals surface area contributed by atoms with Crippen LogP contribution in [-0.4, -0.2) is 31.6 Å². The standard InChI is InChI=1S/C24H27NO5/c1-4-17(18-10-6-5-7-11-18)14-25-23(26)16(2)29-24(27)22-20(15-28-3)19-12-8-9-13-21(19)30-22/h5-13,16-17H,4,14-15H2,1-3H3,(H,25,26)/t16-,17+/m1/s1. The number of furan rings is 1. The SMILES string of the molecule is CC[C@@H](CNC(=O)[C@@H](C)OC(=O)c1oc2ccccc2c1COC)c1ccccc1. The van der Waals surface area contributed by atoms with Gasteiger partial charge in [-0.1, -0.05) is 55.5 Å². The van der Waals surface area contributed by atoms with E-state index in [1.165, 1.54) is 0 Å². The van der Waals surface area contributed by atoms with E-state index in [2.05, 4.69) is 12.2 Å². The van der Waals surface area contributed by atoms with Crippen molar-refractivity contribution in [3.8, 4) is 0 Å². The lowest BCUT2D eigenvalue weighted by Gasteiger charge is -2.18. The molecule has 2 aromatic carbocycles. The first-order valence-corrected chi connectivity index (χ1v) is 10.1. The number of rotatable bonds is 9. The number of hydrogen-bond acceptors (Lipinski definition) is 5. The second kappa shape index (κ2) is 10.1. The number of para-hydroxylation sites is 1. The summed E-state index contributed by atoms with van der Waals surface area (Å²) in [5, 5.41) is 3.67. The number of nitrogens with one attached hydrogen (secondary N) is 1. The maximum Gasteiger partial charge on any atom is 0.375 e. The Hall–Kier alpha value is -3.12. The minimum atomic E-state index is -0.950. The van der Waals surface area contributed by atoms with Crippen LogP contribution >= 0.6 is 0 Å². The Kier molecular flexibility index (Phi) is 7.25. The van der Waals surface area contributed by atoms with E-state index in [0.717, 1.165) is 17.4 Å². The van der Waals surface area contributed by atoms with Gasteiger partial charge < -0.3 is 19.2 Å².